The summed E-state index contributed by atoms with van der Waals surface area (Å²) >= 11 is 1.85. The van der Waals surface area contributed by atoms with Gasteiger partial charge in [0.15, 0.2) is 5.82 Å². The van der Waals surface area contributed by atoms with Crippen LogP contribution in [0.25, 0.3) is 97.9 Å². The molecule has 2 nitrogen and oxygen atoms in total. The van der Waals surface area contributed by atoms with Crippen LogP contribution in [0.3, 0.4) is 0 Å². The third-order valence-electron chi connectivity index (χ3n) is 9.89. The Kier molecular flexibility index (Phi) is 7.04. The van der Waals surface area contributed by atoms with Crippen molar-refractivity contribution in [2.24, 2.45) is 0 Å². The zero-order valence-electron chi connectivity index (χ0n) is 27.6. The van der Waals surface area contributed by atoms with E-state index in [0.29, 0.717) is 5.82 Å². The minimum atomic E-state index is 0.709. The zero-order chi connectivity index (χ0) is 33.7. The fraction of sp³-hybridized carbons (Fsp3) is 0. The minimum Gasteiger partial charge on any atom is -0.228 e. The molecule has 0 amide bonds. The second-order valence-electron chi connectivity index (χ2n) is 13.0. The lowest BCUT2D eigenvalue weighted by Crippen LogP contribution is -1.97. The van der Waals surface area contributed by atoms with Gasteiger partial charge in [0, 0.05) is 36.9 Å². The molecular formula is C48H30N2S. The molecule has 10 rings (SSSR count). The summed E-state index contributed by atoms with van der Waals surface area (Å²) in [5.41, 5.74) is 9.73. The van der Waals surface area contributed by atoms with Gasteiger partial charge in [-0.1, -0.05) is 146 Å². The van der Waals surface area contributed by atoms with Crippen molar-refractivity contribution in [3.8, 4) is 56.2 Å². The lowest BCUT2D eigenvalue weighted by molar-refractivity contribution is 1.19. The fourth-order valence-corrected chi connectivity index (χ4v) is 8.51. The highest BCUT2D eigenvalue weighted by atomic mass is 32.1. The van der Waals surface area contributed by atoms with Crippen LogP contribution >= 0.6 is 11.3 Å². The van der Waals surface area contributed by atoms with E-state index in [4.69, 9.17) is 9.97 Å². The lowest BCUT2D eigenvalue weighted by atomic mass is 9.92. The van der Waals surface area contributed by atoms with Gasteiger partial charge in [0.25, 0.3) is 0 Å². The van der Waals surface area contributed by atoms with E-state index in [1.54, 1.807) is 0 Å². The van der Waals surface area contributed by atoms with E-state index in [2.05, 4.69) is 164 Å². The summed E-state index contributed by atoms with van der Waals surface area (Å²) in [6.45, 7) is 0. The van der Waals surface area contributed by atoms with Gasteiger partial charge in [-0.05, 0) is 80.2 Å². The molecule has 0 atom stereocenters. The normalized spacial score (nSPS) is 11.5. The first kappa shape index (κ1) is 29.5. The smallest absolute Gasteiger partial charge is 0.160 e. The van der Waals surface area contributed by atoms with Crippen molar-refractivity contribution in [1.29, 1.82) is 0 Å². The summed E-state index contributed by atoms with van der Waals surface area (Å²) in [5.74, 6) is 0.709. The molecule has 2 heterocycles. The summed E-state index contributed by atoms with van der Waals surface area (Å²) in [7, 11) is 0. The molecule has 8 aromatic carbocycles. The Morgan fingerprint density at radius 2 is 0.902 bits per heavy atom. The predicted octanol–water partition coefficient (Wildman–Crippen LogP) is 13.5. The van der Waals surface area contributed by atoms with Crippen LogP contribution in [-0.2, 0) is 0 Å². The SMILES string of the molecule is c1ccc(-c2cc(-c3cc(-c4ccc(-c5ccc6sc7ccccc7c6c5)c5ccccc45)nc(-c4ccccc4)n3)c3ccccc3c2)cc1. The predicted molar refractivity (Wildman–Crippen MR) is 217 cm³/mol. The Labute approximate surface area is 300 Å². The van der Waals surface area contributed by atoms with E-state index in [-0.39, 0.29) is 0 Å². The molecule has 0 saturated heterocycles. The number of hydrogen-bond donors (Lipinski definition) is 0. The molecule has 0 saturated carbocycles. The molecule has 0 fully saturated rings. The fourth-order valence-electron chi connectivity index (χ4n) is 7.43. The summed E-state index contributed by atoms with van der Waals surface area (Å²) in [6.07, 6.45) is 0. The van der Waals surface area contributed by atoms with E-state index in [0.717, 1.165) is 44.4 Å². The van der Waals surface area contributed by atoms with Crippen LogP contribution in [0.4, 0.5) is 0 Å². The van der Waals surface area contributed by atoms with Gasteiger partial charge >= 0.3 is 0 Å². The molecule has 0 aliphatic rings. The van der Waals surface area contributed by atoms with Crippen molar-refractivity contribution >= 4 is 53.1 Å². The Hall–Kier alpha value is -6.42. The van der Waals surface area contributed by atoms with Crippen LogP contribution in [-0.4, -0.2) is 9.97 Å². The Morgan fingerprint density at radius 3 is 1.69 bits per heavy atom. The molecule has 0 bridgehead atoms. The number of nitrogens with zero attached hydrogens (tertiary/aromatic N) is 2. The number of fused-ring (bicyclic) bond motifs is 5. The van der Waals surface area contributed by atoms with E-state index < -0.39 is 0 Å². The van der Waals surface area contributed by atoms with Gasteiger partial charge in [0.2, 0.25) is 0 Å². The second-order valence-corrected chi connectivity index (χ2v) is 14.0. The maximum absolute atomic E-state index is 5.27. The summed E-state index contributed by atoms with van der Waals surface area (Å²) < 4.78 is 2.63. The Bertz CT molecular complexity index is 2910. The summed E-state index contributed by atoms with van der Waals surface area (Å²) in [4.78, 5) is 10.5. The third kappa shape index (κ3) is 5.18. The van der Waals surface area contributed by atoms with Crippen molar-refractivity contribution in [3.63, 3.8) is 0 Å². The van der Waals surface area contributed by atoms with Crippen molar-refractivity contribution in [2.45, 2.75) is 0 Å². The van der Waals surface area contributed by atoms with Gasteiger partial charge in [-0.2, -0.15) is 0 Å². The third-order valence-corrected chi connectivity index (χ3v) is 11.0. The Morgan fingerprint density at radius 1 is 0.314 bits per heavy atom. The van der Waals surface area contributed by atoms with Crippen molar-refractivity contribution in [3.05, 3.63) is 182 Å². The van der Waals surface area contributed by atoms with Crippen LogP contribution in [0.15, 0.2) is 182 Å². The van der Waals surface area contributed by atoms with Crippen LogP contribution in [0.2, 0.25) is 0 Å². The average molecular weight is 667 g/mol. The first-order valence-corrected chi connectivity index (χ1v) is 18.1. The number of aromatic nitrogens is 2. The highest BCUT2D eigenvalue weighted by Gasteiger charge is 2.17. The van der Waals surface area contributed by atoms with Gasteiger partial charge in [0.1, 0.15) is 0 Å². The van der Waals surface area contributed by atoms with E-state index >= 15 is 0 Å². The topological polar surface area (TPSA) is 25.8 Å². The largest absolute Gasteiger partial charge is 0.228 e. The van der Waals surface area contributed by atoms with Gasteiger partial charge < -0.3 is 0 Å². The van der Waals surface area contributed by atoms with E-state index in [1.807, 2.05) is 29.5 Å². The van der Waals surface area contributed by atoms with Crippen LogP contribution in [0.1, 0.15) is 0 Å². The van der Waals surface area contributed by atoms with Crippen molar-refractivity contribution in [1.82, 2.24) is 9.97 Å². The van der Waals surface area contributed by atoms with E-state index in [1.165, 1.54) is 47.6 Å². The lowest BCUT2D eigenvalue weighted by Gasteiger charge is -2.15. The summed E-state index contributed by atoms with van der Waals surface area (Å²) in [6, 6.07) is 65.0. The first-order chi connectivity index (χ1) is 25.3. The Balaban J connectivity index is 1.19. The van der Waals surface area contributed by atoms with Crippen LogP contribution < -0.4 is 0 Å². The molecular weight excluding hydrogens is 637 g/mol. The molecule has 10 aromatic rings. The molecule has 0 N–H and O–H groups in total. The number of rotatable bonds is 5. The molecule has 3 heteroatoms. The molecule has 0 spiro atoms. The molecule has 2 aromatic heterocycles. The maximum atomic E-state index is 5.27. The number of hydrogen-bond acceptors (Lipinski definition) is 3. The highest BCUT2D eigenvalue weighted by molar-refractivity contribution is 7.25. The van der Waals surface area contributed by atoms with E-state index in [9.17, 15) is 0 Å². The van der Waals surface area contributed by atoms with Crippen LogP contribution in [0, 0.1) is 0 Å². The molecule has 238 valence electrons. The number of thiophene rings is 1. The summed E-state index contributed by atoms with van der Waals surface area (Å²) in [5, 5.41) is 7.33. The monoisotopic (exact) mass is 666 g/mol. The molecule has 0 aliphatic carbocycles. The maximum Gasteiger partial charge on any atom is 0.160 e. The number of benzene rings is 8. The van der Waals surface area contributed by atoms with Gasteiger partial charge in [0.05, 0.1) is 11.4 Å². The van der Waals surface area contributed by atoms with Gasteiger partial charge in [-0.25, -0.2) is 9.97 Å². The second kappa shape index (κ2) is 12.2. The standard InChI is InChI=1S/C48H30N2S/c1-3-13-31(14-4-1)35-27-33-17-7-8-18-36(33)42(29-35)45-30-44(49-48(50-45)32-15-5-2-6-16-32)40-25-24-37(38-19-9-10-20-39(38)40)34-23-26-47-43(28-34)41-21-11-12-22-46(41)51-47/h1-30H. The van der Waals surface area contributed by atoms with Crippen molar-refractivity contribution < 1.29 is 0 Å². The van der Waals surface area contributed by atoms with Crippen molar-refractivity contribution in [2.75, 3.05) is 0 Å². The first-order valence-electron chi connectivity index (χ1n) is 17.2. The minimum absolute atomic E-state index is 0.709. The quantitative estimate of drug-likeness (QED) is 0.183. The molecule has 51 heavy (non-hydrogen) atoms. The van der Waals surface area contributed by atoms with Gasteiger partial charge in [-0.15, -0.1) is 11.3 Å². The molecule has 0 unspecified atom stereocenters. The zero-order valence-corrected chi connectivity index (χ0v) is 28.4. The average Bonchev–Trinajstić information content (AvgIpc) is 3.58. The highest BCUT2D eigenvalue weighted by Crippen LogP contribution is 2.41. The van der Waals surface area contributed by atoms with Gasteiger partial charge in [-0.3, -0.25) is 0 Å². The molecule has 0 radical (unpaired) electrons. The van der Waals surface area contributed by atoms with Crippen LogP contribution in [0.5, 0.6) is 0 Å². The molecule has 0 aliphatic heterocycles.